The van der Waals surface area contributed by atoms with Gasteiger partial charge in [-0.25, -0.2) is 4.79 Å². The molecule has 1 aliphatic carbocycles. The smallest absolute Gasteiger partial charge is 0.322 e. The number of aliphatic hydroxyl groups is 1. The van der Waals surface area contributed by atoms with E-state index in [4.69, 9.17) is 4.74 Å². The predicted octanol–water partition coefficient (Wildman–Crippen LogP) is 4.52. The number of carbonyl (C=O) groups is 1. The van der Waals surface area contributed by atoms with Gasteiger partial charge in [-0.15, -0.1) is 0 Å². The Bertz CT molecular complexity index is 778. The van der Waals surface area contributed by atoms with Crippen LogP contribution >= 0.6 is 0 Å². The van der Waals surface area contributed by atoms with Gasteiger partial charge in [0.1, 0.15) is 5.75 Å². The van der Waals surface area contributed by atoms with Crippen LogP contribution in [0, 0.1) is 0 Å². The fraction of sp³-hybridized carbons (Fsp3) is 0.409. The van der Waals surface area contributed by atoms with Crippen LogP contribution < -0.4 is 10.1 Å². The molecule has 2 unspecified atom stereocenters. The van der Waals surface area contributed by atoms with Gasteiger partial charge in [0.25, 0.3) is 0 Å². The number of benzene rings is 2. The summed E-state index contributed by atoms with van der Waals surface area (Å²) in [6, 6.07) is 15.2. The maximum absolute atomic E-state index is 13.0. The number of anilines is 1. The number of ether oxygens (including phenoxy) is 1. The van der Waals surface area contributed by atoms with Crippen molar-refractivity contribution in [1.82, 2.24) is 4.90 Å². The van der Waals surface area contributed by atoms with Crippen LogP contribution in [0.5, 0.6) is 5.75 Å². The van der Waals surface area contributed by atoms with Gasteiger partial charge in [-0.05, 0) is 43.5 Å². The van der Waals surface area contributed by atoms with Gasteiger partial charge in [-0.2, -0.15) is 0 Å². The Balaban J connectivity index is 1.83. The third-order valence-corrected chi connectivity index (χ3v) is 5.25. The van der Waals surface area contributed by atoms with E-state index in [2.05, 4.69) is 5.32 Å². The zero-order chi connectivity index (χ0) is 19.2. The molecule has 3 rings (SSSR count). The first-order valence-electron chi connectivity index (χ1n) is 9.63. The standard InChI is InChI=1S/C22H28N2O3/c1-3-24(20-13-6-7-14-21(20)25)22(26)23-19-12-5-4-11-18(19)16-9-8-10-17(15-16)27-2/h4-5,8-12,15,20-21,25H,3,6-7,13-14H2,1-2H3,(H,23,26). The SMILES string of the molecule is CCN(C(=O)Nc1ccccc1-c1cccc(OC)c1)C1CCCCC1O. The molecule has 5 nitrogen and oxygen atoms in total. The van der Waals surface area contributed by atoms with E-state index in [1.54, 1.807) is 12.0 Å². The number of nitrogens with zero attached hydrogens (tertiary/aromatic N) is 1. The number of carbonyl (C=O) groups excluding carboxylic acids is 1. The van der Waals surface area contributed by atoms with Crippen LogP contribution in [0.4, 0.5) is 10.5 Å². The highest BCUT2D eigenvalue weighted by atomic mass is 16.5. The van der Waals surface area contributed by atoms with Crippen LogP contribution in [0.1, 0.15) is 32.6 Å². The molecule has 1 saturated carbocycles. The third-order valence-electron chi connectivity index (χ3n) is 5.25. The number of aliphatic hydroxyl groups excluding tert-OH is 1. The number of urea groups is 1. The minimum absolute atomic E-state index is 0.118. The minimum Gasteiger partial charge on any atom is -0.497 e. The summed E-state index contributed by atoms with van der Waals surface area (Å²) in [6.07, 6.45) is 3.23. The average molecular weight is 368 g/mol. The highest BCUT2D eigenvalue weighted by Crippen LogP contribution is 2.31. The number of rotatable bonds is 5. The van der Waals surface area contributed by atoms with Gasteiger partial charge in [-0.3, -0.25) is 0 Å². The third kappa shape index (κ3) is 4.42. The van der Waals surface area contributed by atoms with Gasteiger partial charge in [0.2, 0.25) is 0 Å². The molecule has 2 N–H and O–H groups in total. The Morgan fingerprint density at radius 3 is 2.70 bits per heavy atom. The largest absolute Gasteiger partial charge is 0.497 e. The Morgan fingerprint density at radius 2 is 1.96 bits per heavy atom. The van der Waals surface area contributed by atoms with Crippen molar-refractivity contribution in [2.45, 2.75) is 44.8 Å². The minimum atomic E-state index is -0.446. The summed E-state index contributed by atoms with van der Waals surface area (Å²) in [5.41, 5.74) is 2.66. The number of likely N-dealkylation sites (N-methyl/N-ethyl adjacent to an activating group) is 1. The van der Waals surface area contributed by atoms with Crippen molar-refractivity contribution < 1.29 is 14.6 Å². The summed E-state index contributed by atoms with van der Waals surface area (Å²) in [5.74, 6) is 0.772. The fourth-order valence-corrected chi connectivity index (χ4v) is 3.81. The molecule has 0 saturated heterocycles. The van der Waals surface area contributed by atoms with Gasteiger partial charge in [0.05, 0.1) is 24.9 Å². The summed E-state index contributed by atoms with van der Waals surface area (Å²) >= 11 is 0. The van der Waals surface area contributed by atoms with E-state index in [0.29, 0.717) is 6.54 Å². The molecular weight excluding hydrogens is 340 g/mol. The lowest BCUT2D eigenvalue weighted by Gasteiger charge is -2.37. The van der Waals surface area contributed by atoms with Gasteiger partial charge in [0, 0.05) is 12.1 Å². The monoisotopic (exact) mass is 368 g/mol. The van der Waals surface area contributed by atoms with Crippen LogP contribution in [0.25, 0.3) is 11.1 Å². The molecule has 27 heavy (non-hydrogen) atoms. The summed E-state index contributed by atoms with van der Waals surface area (Å²) < 4.78 is 5.32. The molecule has 1 fully saturated rings. The molecule has 2 aromatic rings. The van der Waals surface area contributed by atoms with E-state index in [0.717, 1.165) is 48.2 Å². The second-order valence-corrected chi connectivity index (χ2v) is 6.91. The van der Waals surface area contributed by atoms with E-state index < -0.39 is 6.10 Å². The summed E-state index contributed by atoms with van der Waals surface area (Å²) in [7, 11) is 1.64. The average Bonchev–Trinajstić information content (AvgIpc) is 2.70. The van der Waals surface area contributed by atoms with Crippen molar-refractivity contribution in [3.63, 3.8) is 0 Å². The van der Waals surface area contributed by atoms with Gasteiger partial charge in [-0.1, -0.05) is 43.2 Å². The molecule has 0 aromatic heterocycles. The lowest BCUT2D eigenvalue weighted by Crippen LogP contribution is -2.50. The van der Waals surface area contributed by atoms with E-state index in [-0.39, 0.29) is 12.1 Å². The predicted molar refractivity (Wildman–Crippen MR) is 108 cm³/mol. The number of hydrogen-bond donors (Lipinski definition) is 2. The van der Waals surface area contributed by atoms with E-state index in [9.17, 15) is 9.90 Å². The molecular formula is C22H28N2O3. The molecule has 5 heteroatoms. The van der Waals surface area contributed by atoms with Gasteiger partial charge >= 0.3 is 6.03 Å². The highest BCUT2D eigenvalue weighted by molar-refractivity contribution is 5.94. The van der Waals surface area contributed by atoms with E-state index in [1.165, 1.54) is 0 Å². The Labute approximate surface area is 161 Å². The molecule has 2 atom stereocenters. The molecule has 2 amide bonds. The van der Waals surface area contributed by atoms with Crippen LogP contribution in [0.15, 0.2) is 48.5 Å². The van der Waals surface area contributed by atoms with E-state index in [1.807, 2.05) is 55.5 Å². The lowest BCUT2D eigenvalue weighted by atomic mass is 9.91. The number of nitrogens with one attached hydrogen (secondary N) is 1. The Kier molecular flexibility index (Phi) is 6.35. The van der Waals surface area contributed by atoms with Gasteiger partial charge < -0.3 is 20.1 Å². The first-order chi connectivity index (χ1) is 13.1. The quantitative estimate of drug-likeness (QED) is 0.816. The summed E-state index contributed by atoms with van der Waals surface area (Å²) in [4.78, 5) is 14.7. The molecule has 0 bridgehead atoms. The lowest BCUT2D eigenvalue weighted by molar-refractivity contribution is 0.0416. The first kappa shape index (κ1) is 19.2. The van der Waals surface area contributed by atoms with Crippen LogP contribution in [-0.4, -0.2) is 41.8 Å². The zero-order valence-corrected chi connectivity index (χ0v) is 16.0. The maximum atomic E-state index is 13.0. The fourth-order valence-electron chi connectivity index (χ4n) is 3.81. The topological polar surface area (TPSA) is 61.8 Å². The van der Waals surface area contributed by atoms with Crippen LogP contribution in [0.3, 0.4) is 0 Å². The zero-order valence-electron chi connectivity index (χ0n) is 16.0. The van der Waals surface area contributed by atoms with Crippen LogP contribution in [0.2, 0.25) is 0 Å². The molecule has 0 radical (unpaired) electrons. The number of para-hydroxylation sites is 1. The molecule has 0 spiro atoms. The van der Waals surface area contributed by atoms with Crippen molar-refractivity contribution in [3.8, 4) is 16.9 Å². The molecule has 0 heterocycles. The highest BCUT2D eigenvalue weighted by Gasteiger charge is 2.31. The van der Waals surface area contributed by atoms with Crippen molar-refractivity contribution in [1.29, 1.82) is 0 Å². The summed E-state index contributed by atoms with van der Waals surface area (Å²) in [6.45, 7) is 2.52. The van der Waals surface area contributed by atoms with E-state index >= 15 is 0 Å². The summed E-state index contributed by atoms with van der Waals surface area (Å²) in [5, 5.41) is 13.4. The van der Waals surface area contributed by atoms with Crippen LogP contribution in [-0.2, 0) is 0 Å². The Morgan fingerprint density at radius 1 is 1.19 bits per heavy atom. The second-order valence-electron chi connectivity index (χ2n) is 6.91. The van der Waals surface area contributed by atoms with Crippen molar-refractivity contribution in [2.75, 3.05) is 19.0 Å². The molecule has 2 aromatic carbocycles. The van der Waals surface area contributed by atoms with Crippen molar-refractivity contribution in [3.05, 3.63) is 48.5 Å². The molecule has 1 aliphatic rings. The normalized spacial score (nSPS) is 19.4. The second kappa shape index (κ2) is 8.91. The number of amides is 2. The molecule has 0 aliphatic heterocycles. The molecule has 144 valence electrons. The van der Waals surface area contributed by atoms with Crippen molar-refractivity contribution in [2.24, 2.45) is 0 Å². The van der Waals surface area contributed by atoms with Gasteiger partial charge in [0.15, 0.2) is 0 Å². The van der Waals surface area contributed by atoms with Crippen molar-refractivity contribution >= 4 is 11.7 Å². The number of hydrogen-bond acceptors (Lipinski definition) is 3. The number of methoxy groups -OCH3 is 1. The Hall–Kier alpha value is -2.53. The maximum Gasteiger partial charge on any atom is 0.322 e. The first-order valence-corrected chi connectivity index (χ1v) is 9.63.